The van der Waals surface area contributed by atoms with Crippen molar-refractivity contribution in [1.82, 2.24) is 4.31 Å². The van der Waals surface area contributed by atoms with E-state index in [-0.39, 0.29) is 29.1 Å². The number of hydrogen-bond donors (Lipinski definition) is 0. The van der Waals surface area contributed by atoms with E-state index >= 15 is 0 Å². The molecule has 0 radical (unpaired) electrons. The molecule has 0 aromatic heterocycles. The fourth-order valence-corrected chi connectivity index (χ4v) is 5.77. The van der Waals surface area contributed by atoms with Crippen molar-refractivity contribution in [3.05, 3.63) is 28.3 Å². The van der Waals surface area contributed by atoms with Gasteiger partial charge in [0.15, 0.2) is 0 Å². The van der Waals surface area contributed by atoms with Crippen molar-refractivity contribution in [2.75, 3.05) is 44.3 Å². The van der Waals surface area contributed by atoms with E-state index in [1.807, 2.05) is 4.90 Å². The van der Waals surface area contributed by atoms with Crippen LogP contribution in [0.15, 0.2) is 23.1 Å². The van der Waals surface area contributed by atoms with Crippen LogP contribution >= 0.6 is 0 Å². The number of rotatable bonds is 6. The molecule has 1 atom stereocenters. The van der Waals surface area contributed by atoms with Gasteiger partial charge < -0.3 is 9.64 Å². The minimum Gasteiger partial charge on any atom is -0.379 e. The Bertz CT molecular complexity index is 819. The summed E-state index contributed by atoms with van der Waals surface area (Å²) in [6, 6.07) is 4.31. The lowest BCUT2D eigenvalue weighted by Crippen LogP contribution is -2.42. The lowest BCUT2D eigenvalue weighted by molar-refractivity contribution is -0.384. The molecule has 2 saturated heterocycles. The second-order valence-corrected chi connectivity index (χ2v) is 9.95. The number of nitro benzene ring substituents is 1. The summed E-state index contributed by atoms with van der Waals surface area (Å²) in [4.78, 5) is 13.3. The number of nitrogens with zero attached hydrogens (tertiary/aromatic N) is 3. The number of sulfonamides is 1. The van der Waals surface area contributed by atoms with E-state index in [4.69, 9.17) is 4.74 Å². The third kappa shape index (κ3) is 4.31. The first kappa shape index (κ1) is 21.0. The van der Waals surface area contributed by atoms with E-state index in [2.05, 4.69) is 13.8 Å². The SMILES string of the molecule is CCCC1(C)CCCN(c2ccc(S(=O)(=O)N3CCOCC3)cc2[N+](=O)[O-])C1. The molecule has 0 N–H and O–H groups in total. The summed E-state index contributed by atoms with van der Waals surface area (Å²) in [7, 11) is -3.77. The Morgan fingerprint density at radius 3 is 2.61 bits per heavy atom. The van der Waals surface area contributed by atoms with Crippen molar-refractivity contribution in [3.8, 4) is 0 Å². The molecule has 0 amide bonds. The zero-order valence-electron chi connectivity index (χ0n) is 16.6. The van der Waals surface area contributed by atoms with Crippen molar-refractivity contribution in [1.29, 1.82) is 0 Å². The van der Waals surface area contributed by atoms with E-state index in [1.54, 1.807) is 6.07 Å². The van der Waals surface area contributed by atoms with E-state index in [1.165, 1.54) is 16.4 Å². The summed E-state index contributed by atoms with van der Waals surface area (Å²) in [5.41, 5.74) is 0.488. The van der Waals surface area contributed by atoms with Crippen LogP contribution in [-0.4, -0.2) is 57.0 Å². The van der Waals surface area contributed by atoms with Gasteiger partial charge in [-0.1, -0.05) is 20.3 Å². The number of benzene rings is 1. The fraction of sp³-hybridized carbons (Fsp3) is 0.684. The van der Waals surface area contributed by atoms with E-state index in [0.717, 1.165) is 38.8 Å². The summed E-state index contributed by atoms with van der Waals surface area (Å²) in [6.07, 6.45) is 4.22. The van der Waals surface area contributed by atoms with Crippen molar-refractivity contribution in [2.24, 2.45) is 5.41 Å². The van der Waals surface area contributed by atoms with Crippen LogP contribution in [0.4, 0.5) is 11.4 Å². The second-order valence-electron chi connectivity index (χ2n) is 8.01. The third-order valence-electron chi connectivity index (χ3n) is 5.73. The van der Waals surface area contributed by atoms with Crippen LogP contribution in [0.3, 0.4) is 0 Å². The average molecular weight is 412 g/mol. The van der Waals surface area contributed by atoms with Crippen molar-refractivity contribution < 1.29 is 18.1 Å². The van der Waals surface area contributed by atoms with Crippen molar-refractivity contribution in [2.45, 2.75) is 44.4 Å². The number of hydrogen-bond acceptors (Lipinski definition) is 6. The van der Waals surface area contributed by atoms with Crippen LogP contribution in [0.25, 0.3) is 0 Å². The lowest BCUT2D eigenvalue weighted by atomic mass is 9.78. The molecular weight excluding hydrogens is 382 g/mol. The zero-order valence-corrected chi connectivity index (χ0v) is 17.4. The molecule has 3 rings (SSSR count). The summed E-state index contributed by atoms with van der Waals surface area (Å²) in [6.45, 7) is 7.07. The summed E-state index contributed by atoms with van der Waals surface area (Å²) < 4.78 is 32.3. The first-order valence-electron chi connectivity index (χ1n) is 9.88. The molecule has 2 fully saturated rings. The Morgan fingerprint density at radius 2 is 1.96 bits per heavy atom. The molecule has 1 aromatic carbocycles. The molecule has 1 aromatic rings. The van der Waals surface area contributed by atoms with Crippen LogP contribution in [0.2, 0.25) is 0 Å². The maximum Gasteiger partial charge on any atom is 0.293 e. The smallest absolute Gasteiger partial charge is 0.293 e. The van der Waals surface area contributed by atoms with Crippen molar-refractivity contribution >= 4 is 21.4 Å². The molecule has 2 aliphatic rings. The number of morpholine rings is 1. The Hall–Kier alpha value is -1.71. The molecule has 8 nitrogen and oxygen atoms in total. The van der Waals surface area contributed by atoms with Crippen LogP contribution in [-0.2, 0) is 14.8 Å². The predicted octanol–water partition coefficient (Wildman–Crippen LogP) is 3.02. The number of anilines is 1. The van der Waals surface area contributed by atoms with Gasteiger partial charge in [-0.05, 0) is 36.8 Å². The Kier molecular flexibility index (Phi) is 6.26. The minimum absolute atomic E-state index is 0.0295. The molecule has 0 saturated carbocycles. The molecule has 2 aliphatic heterocycles. The van der Waals surface area contributed by atoms with Gasteiger partial charge in [0.25, 0.3) is 5.69 Å². The van der Waals surface area contributed by atoms with Gasteiger partial charge in [0.2, 0.25) is 10.0 Å². The largest absolute Gasteiger partial charge is 0.379 e. The second kappa shape index (κ2) is 8.34. The van der Waals surface area contributed by atoms with Gasteiger partial charge in [-0.25, -0.2) is 8.42 Å². The predicted molar refractivity (Wildman–Crippen MR) is 107 cm³/mol. The van der Waals surface area contributed by atoms with Gasteiger partial charge >= 0.3 is 0 Å². The number of ether oxygens (including phenoxy) is 1. The molecule has 1 unspecified atom stereocenters. The molecule has 0 aliphatic carbocycles. The van der Waals surface area contributed by atoms with Gasteiger partial charge in [-0.3, -0.25) is 10.1 Å². The van der Waals surface area contributed by atoms with Gasteiger partial charge in [-0.2, -0.15) is 4.31 Å². The highest BCUT2D eigenvalue weighted by atomic mass is 32.2. The first-order valence-corrected chi connectivity index (χ1v) is 11.3. The van der Waals surface area contributed by atoms with Crippen LogP contribution < -0.4 is 4.90 Å². The standard InChI is InChI=1S/C19H29N3O5S/c1-3-7-19(2)8-4-9-20(15-19)17-6-5-16(14-18(17)22(23)24)28(25,26)21-10-12-27-13-11-21/h5-6,14H,3-4,7-13,15H2,1-2H3. The van der Waals surface area contributed by atoms with Gasteiger partial charge in [0.1, 0.15) is 5.69 Å². The molecule has 28 heavy (non-hydrogen) atoms. The van der Waals surface area contributed by atoms with Crippen LogP contribution in [0.1, 0.15) is 39.5 Å². The monoisotopic (exact) mass is 411 g/mol. The summed E-state index contributed by atoms with van der Waals surface area (Å²) >= 11 is 0. The van der Waals surface area contributed by atoms with Crippen LogP contribution in [0, 0.1) is 15.5 Å². The van der Waals surface area contributed by atoms with Crippen LogP contribution in [0.5, 0.6) is 0 Å². The first-order chi connectivity index (χ1) is 13.3. The van der Waals surface area contributed by atoms with Crippen molar-refractivity contribution in [3.63, 3.8) is 0 Å². The molecule has 2 heterocycles. The maximum absolute atomic E-state index is 12.9. The van der Waals surface area contributed by atoms with Gasteiger partial charge in [-0.15, -0.1) is 0 Å². The molecule has 0 spiro atoms. The average Bonchev–Trinajstić information content (AvgIpc) is 2.68. The summed E-state index contributed by atoms with van der Waals surface area (Å²) in [5, 5.41) is 11.8. The highest BCUT2D eigenvalue weighted by Gasteiger charge is 2.34. The normalized spacial score (nSPS) is 24.3. The van der Waals surface area contributed by atoms with E-state index in [9.17, 15) is 18.5 Å². The Balaban J connectivity index is 1.92. The number of nitro groups is 1. The molecular formula is C19H29N3O5S. The third-order valence-corrected chi connectivity index (χ3v) is 7.62. The number of piperidine rings is 1. The maximum atomic E-state index is 12.9. The fourth-order valence-electron chi connectivity index (χ4n) is 4.34. The Morgan fingerprint density at radius 1 is 1.25 bits per heavy atom. The highest BCUT2D eigenvalue weighted by Crippen LogP contribution is 2.39. The summed E-state index contributed by atoms with van der Waals surface area (Å²) in [5.74, 6) is 0. The topological polar surface area (TPSA) is 93.0 Å². The Labute approximate surface area is 166 Å². The van der Waals surface area contributed by atoms with Gasteiger partial charge in [0.05, 0.1) is 23.0 Å². The van der Waals surface area contributed by atoms with E-state index < -0.39 is 14.9 Å². The van der Waals surface area contributed by atoms with Gasteiger partial charge in [0, 0.05) is 32.2 Å². The molecule has 0 bridgehead atoms. The minimum atomic E-state index is -3.77. The molecule has 9 heteroatoms. The highest BCUT2D eigenvalue weighted by molar-refractivity contribution is 7.89. The van der Waals surface area contributed by atoms with E-state index in [0.29, 0.717) is 18.9 Å². The quantitative estimate of drug-likeness (QED) is 0.528. The lowest BCUT2D eigenvalue weighted by Gasteiger charge is -2.41. The molecule has 156 valence electrons. The zero-order chi connectivity index (χ0) is 20.4.